The molecule has 0 spiro atoms. The molecule has 0 radical (unpaired) electrons. The van der Waals surface area contributed by atoms with E-state index in [2.05, 4.69) is 10.6 Å². The Labute approximate surface area is 164 Å². The molecule has 0 bridgehead atoms. The number of aryl methyl sites for hydroxylation is 2. The maximum Gasteiger partial charge on any atom is 0.305 e. The topological polar surface area (TPSA) is 79.4 Å². The minimum absolute atomic E-state index is 0.158. The van der Waals surface area contributed by atoms with Crippen LogP contribution in [0.25, 0.3) is 21.9 Å². The van der Waals surface area contributed by atoms with Gasteiger partial charge in [0, 0.05) is 29.7 Å². The monoisotopic (exact) mass is 381 g/mol. The van der Waals surface area contributed by atoms with Crippen molar-refractivity contribution in [3.63, 3.8) is 0 Å². The molecule has 28 heavy (non-hydrogen) atoms. The number of benzene rings is 1. The van der Waals surface area contributed by atoms with Crippen molar-refractivity contribution in [2.24, 2.45) is 0 Å². The third kappa shape index (κ3) is 3.17. The van der Waals surface area contributed by atoms with Crippen LogP contribution in [-0.4, -0.2) is 29.2 Å². The first-order valence-corrected chi connectivity index (χ1v) is 10.1. The van der Waals surface area contributed by atoms with Gasteiger partial charge in [-0.15, -0.1) is 0 Å². The molecule has 148 valence electrons. The minimum atomic E-state index is -0.158. The van der Waals surface area contributed by atoms with Crippen LogP contribution in [0.2, 0.25) is 0 Å². The van der Waals surface area contributed by atoms with E-state index < -0.39 is 0 Å². The van der Waals surface area contributed by atoms with Gasteiger partial charge in [0.1, 0.15) is 11.4 Å². The molecule has 4 rings (SSSR count). The molecule has 0 atom stereocenters. The number of hydrogen-bond acceptors (Lipinski definition) is 5. The summed E-state index contributed by atoms with van der Waals surface area (Å²) in [6, 6.07) is 6.05. The summed E-state index contributed by atoms with van der Waals surface area (Å²) in [5.41, 5.74) is 11.8. The summed E-state index contributed by atoms with van der Waals surface area (Å²) in [5.74, 6) is 0.644. The number of fused-ring (bicyclic) bond motifs is 4. The summed E-state index contributed by atoms with van der Waals surface area (Å²) in [6.45, 7) is 2.93. The molecule has 2 N–H and O–H groups in total. The fourth-order valence-electron chi connectivity index (χ4n) is 4.25. The average Bonchev–Trinajstić information content (AvgIpc) is 3.01. The van der Waals surface area contributed by atoms with Gasteiger partial charge in [-0.05, 0) is 62.8 Å². The summed E-state index contributed by atoms with van der Waals surface area (Å²) in [7, 11) is 1.67. The van der Waals surface area contributed by atoms with Crippen LogP contribution >= 0.6 is 0 Å². The van der Waals surface area contributed by atoms with Gasteiger partial charge in [0.15, 0.2) is 0 Å². The van der Waals surface area contributed by atoms with Crippen molar-refractivity contribution >= 4 is 33.6 Å². The van der Waals surface area contributed by atoms with Crippen molar-refractivity contribution < 1.29 is 14.3 Å². The number of esters is 1. The number of nitrogens with zero attached hydrogens (tertiary/aromatic N) is 2. The lowest BCUT2D eigenvalue weighted by Crippen LogP contribution is -2.11. The van der Waals surface area contributed by atoms with Gasteiger partial charge in [-0.25, -0.2) is 4.98 Å². The smallest absolute Gasteiger partial charge is 0.305 e. The number of ether oxygens (including phenoxy) is 2. The summed E-state index contributed by atoms with van der Waals surface area (Å²) < 4.78 is 12.7. The van der Waals surface area contributed by atoms with E-state index in [4.69, 9.17) is 20.2 Å². The average molecular weight is 381 g/mol. The van der Waals surface area contributed by atoms with E-state index in [0.717, 1.165) is 64.8 Å². The molecular weight excluding hydrogens is 354 g/mol. The van der Waals surface area contributed by atoms with E-state index >= 15 is 0 Å². The Morgan fingerprint density at radius 2 is 2.11 bits per heavy atom. The lowest BCUT2D eigenvalue weighted by atomic mass is 9.93. The van der Waals surface area contributed by atoms with E-state index in [9.17, 15) is 4.79 Å². The maximum atomic E-state index is 11.7. The normalized spacial score (nSPS) is 13.6. The minimum Gasteiger partial charge on any atom is -0.497 e. The Balaban J connectivity index is 1.84. The van der Waals surface area contributed by atoms with Crippen molar-refractivity contribution in [1.82, 2.24) is 9.55 Å². The fraction of sp³-hybridized carbons (Fsp3) is 0.455. The fourth-order valence-corrected chi connectivity index (χ4v) is 4.25. The zero-order valence-corrected chi connectivity index (χ0v) is 16.6. The molecule has 1 aliphatic carbocycles. The molecular formula is C22H27N3O3. The number of aromatic nitrogens is 2. The van der Waals surface area contributed by atoms with Crippen LogP contribution in [0.1, 0.15) is 43.9 Å². The van der Waals surface area contributed by atoms with E-state index in [1.54, 1.807) is 7.11 Å². The third-order valence-corrected chi connectivity index (χ3v) is 5.59. The van der Waals surface area contributed by atoms with Gasteiger partial charge in [-0.1, -0.05) is 0 Å². The van der Waals surface area contributed by atoms with Crippen LogP contribution in [0.5, 0.6) is 5.75 Å². The summed E-state index contributed by atoms with van der Waals surface area (Å²) in [6.07, 6.45) is 5.37. The summed E-state index contributed by atoms with van der Waals surface area (Å²) in [4.78, 5) is 16.8. The van der Waals surface area contributed by atoms with Crippen molar-refractivity contribution in [3.05, 3.63) is 29.5 Å². The number of pyridine rings is 1. The molecule has 0 saturated heterocycles. The predicted molar refractivity (Wildman–Crippen MR) is 111 cm³/mol. The number of rotatable bonds is 6. The Morgan fingerprint density at radius 3 is 2.89 bits per heavy atom. The van der Waals surface area contributed by atoms with Gasteiger partial charge in [0.05, 0.1) is 24.6 Å². The number of nitrogens with two attached hydrogens (primary N) is 1. The van der Waals surface area contributed by atoms with Gasteiger partial charge in [-0.2, -0.15) is 0 Å². The number of carbonyl (C=O) groups excluding carboxylic acids is 1. The van der Waals surface area contributed by atoms with Crippen LogP contribution in [0.15, 0.2) is 18.2 Å². The maximum absolute atomic E-state index is 11.7. The Morgan fingerprint density at radius 1 is 1.29 bits per heavy atom. The Bertz CT molecular complexity index is 1040. The number of anilines is 1. The molecule has 1 aliphatic rings. The quantitative estimate of drug-likeness (QED) is 0.653. The molecule has 0 saturated carbocycles. The van der Waals surface area contributed by atoms with E-state index in [0.29, 0.717) is 26.0 Å². The zero-order valence-electron chi connectivity index (χ0n) is 16.6. The van der Waals surface area contributed by atoms with Crippen molar-refractivity contribution in [3.8, 4) is 5.75 Å². The summed E-state index contributed by atoms with van der Waals surface area (Å²) in [5, 5.41) is 2.06. The standard InChI is InChI=1S/C22H27N3O3/c1-3-28-19(26)9-6-12-25-18-11-10-14(27-2)13-16(18)20-21(23)15-7-4-5-8-17(15)24-22(20)25/h10-11,13H,3-9,12H2,1-2H3,(H2,23,24). The molecule has 0 amide bonds. The highest BCUT2D eigenvalue weighted by Gasteiger charge is 2.22. The van der Waals surface area contributed by atoms with Crippen molar-refractivity contribution in [1.29, 1.82) is 0 Å². The second-order valence-corrected chi connectivity index (χ2v) is 7.30. The highest BCUT2D eigenvalue weighted by molar-refractivity contribution is 6.13. The zero-order chi connectivity index (χ0) is 19.7. The van der Waals surface area contributed by atoms with Gasteiger partial charge in [0.2, 0.25) is 0 Å². The van der Waals surface area contributed by atoms with Crippen LogP contribution < -0.4 is 10.5 Å². The highest BCUT2D eigenvalue weighted by atomic mass is 16.5. The molecule has 6 heteroatoms. The van der Waals surface area contributed by atoms with Gasteiger partial charge >= 0.3 is 5.97 Å². The summed E-state index contributed by atoms with van der Waals surface area (Å²) >= 11 is 0. The number of methoxy groups -OCH3 is 1. The Hall–Kier alpha value is -2.76. The molecule has 2 aromatic heterocycles. The van der Waals surface area contributed by atoms with E-state index in [-0.39, 0.29) is 5.97 Å². The van der Waals surface area contributed by atoms with Gasteiger partial charge in [-0.3, -0.25) is 4.79 Å². The first-order valence-electron chi connectivity index (χ1n) is 10.1. The lowest BCUT2D eigenvalue weighted by molar-refractivity contribution is -0.143. The number of nitrogen functional groups attached to an aromatic ring is 1. The lowest BCUT2D eigenvalue weighted by Gasteiger charge is -2.18. The largest absolute Gasteiger partial charge is 0.497 e. The predicted octanol–water partition coefficient (Wildman–Crippen LogP) is 4.00. The Kier molecular flexibility index (Phi) is 5.11. The molecule has 1 aromatic carbocycles. The molecule has 0 fully saturated rings. The van der Waals surface area contributed by atoms with Crippen molar-refractivity contribution in [2.75, 3.05) is 19.5 Å². The highest BCUT2D eigenvalue weighted by Crippen LogP contribution is 2.38. The van der Waals surface area contributed by atoms with Gasteiger partial charge in [0.25, 0.3) is 0 Å². The van der Waals surface area contributed by atoms with Crippen LogP contribution in [0, 0.1) is 0 Å². The second kappa shape index (κ2) is 7.70. The molecule has 3 aromatic rings. The first-order chi connectivity index (χ1) is 13.6. The van der Waals surface area contributed by atoms with Gasteiger partial charge < -0.3 is 19.8 Å². The van der Waals surface area contributed by atoms with E-state index in [1.165, 1.54) is 5.56 Å². The van der Waals surface area contributed by atoms with Crippen LogP contribution in [0.3, 0.4) is 0 Å². The number of carbonyl (C=O) groups is 1. The molecule has 6 nitrogen and oxygen atoms in total. The van der Waals surface area contributed by atoms with Crippen LogP contribution in [0.4, 0.5) is 5.69 Å². The molecule has 0 aliphatic heterocycles. The molecule has 0 unspecified atom stereocenters. The SMILES string of the molecule is CCOC(=O)CCCn1c2ccc(OC)cc2c2c(N)c3c(nc21)CCCC3. The second-order valence-electron chi connectivity index (χ2n) is 7.30. The first kappa shape index (κ1) is 18.6. The number of hydrogen-bond donors (Lipinski definition) is 1. The van der Waals surface area contributed by atoms with E-state index in [1.807, 2.05) is 19.1 Å². The third-order valence-electron chi connectivity index (χ3n) is 5.59. The van der Waals surface area contributed by atoms with Crippen LogP contribution in [-0.2, 0) is 28.9 Å². The molecule has 2 heterocycles. The van der Waals surface area contributed by atoms with Crippen molar-refractivity contribution in [2.45, 2.75) is 52.0 Å².